The number of hydrogen-bond donors (Lipinski definition) is 1. The first kappa shape index (κ1) is 12.0. The van der Waals surface area contributed by atoms with Crippen LogP contribution in [0.25, 0.3) is 0 Å². The Kier molecular flexibility index (Phi) is 3.22. The molecule has 1 aliphatic heterocycles. The lowest BCUT2D eigenvalue weighted by molar-refractivity contribution is -0.135. The molecule has 3 amide bonds. The summed E-state index contributed by atoms with van der Waals surface area (Å²) in [6.07, 6.45) is 1.35. The molecule has 0 atom stereocenters. The molecule has 0 aliphatic carbocycles. The Balaban J connectivity index is 2.14. The number of methoxy groups -OCH3 is 1. The molecule has 7 nitrogen and oxygen atoms in total. The molecule has 0 radical (unpaired) electrons. The fraction of sp³-hybridized carbons (Fsp3) is 0.273. The molecule has 2 rings (SSSR count). The molecular formula is C11H11N3O4. The highest BCUT2D eigenvalue weighted by molar-refractivity contribution is 6.05. The first-order chi connectivity index (χ1) is 8.60. The number of piperazine rings is 1. The molecule has 0 saturated carbocycles. The zero-order chi connectivity index (χ0) is 13.1. The monoisotopic (exact) mass is 249 g/mol. The molecule has 7 heteroatoms. The van der Waals surface area contributed by atoms with Gasteiger partial charge in [-0.05, 0) is 6.07 Å². The fourth-order valence-electron chi connectivity index (χ4n) is 1.59. The van der Waals surface area contributed by atoms with Crippen molar-refractivity contribution in [2.45, 2.75) is 0 Å². The summed E-state index contributed by atoms with van der Waals surface area (Å²) in [5.41, 5.74) is 0.304. The first-order valence-electron chi connectivity index (χ1n) is 5.22. The summed E-state index contributed by atoms with van der Waals surface area (Å²) in [6, 6.07) is 3.07. The van der Waals surface area contributed by atoms with Crippen LogP contribution in [-0.2, 0) is 9.59 Å². The van der Waals surface area contributed by atoms with Crippen LogP contribution in [0.2, 0.25) is 0 Å². The lowest BCUT2D eigenvalue weighted by Crippen LogP contribution is -2.53. The molecule has 0 unspecified atom stereocenters. The van der Waals surface area contributed by atoms with Crippen molar-refractivity contribution in [1.82, 2.24) is 15.2 Å². The molecular weight excluding hydrogens is 238 g/mol. The van der Waals surface area contributed by atoms with Crippen molar-refractivity contribution >= 4 is 17.7 Å². The molecule has 1 aliphatic rings. The number of amides is 3. The molecule has 0 bridgehead atoms. The summed E-state index contributed by atoms with van der Waals surface area (Å²) in [4.78, 5) is 39.4. The quantitative estimate of drug-likeness (QED) is 0.692. The van der Waals surface area contributed by atoms with Gasteiger partial charge in [0.25, 0.3) is 5.91 Å². The number of hydrogen-bond acceptors (Lipinski definition) is 5. The number of carbonyl (C=O) groups is 3. The topological polar surface area (TPSA) is 88.6 Å². The van der Waals surface area contributed by atoms with E-state index in [9.17, 15) is 14.4 Å². The van der Waals surface area contributed by atoms with Crippen LogP contribution in [0, 0.1) is 0 Å². The smallest absolute Gasteiger partial charge is 0.256 e. The molecule has 0 spiro atoms. The van der Waals surface area contributed by atoms with E-state index in [1.807, 2.05) is 0 Å². The van der Waals surface area contributed by atoms with E-state index in [-0.39, 0.29) is 13.1 Å². The number of nitrogens with one attached hydrogen (secondary N) is 1. The largest absolute Gasteiger partial charge is 0.481 e. The molecule has 1 saturated heterocycles. The average Bonchev–Trinajstić information content (AvgIpc) is 2.37. The van der Waals surface area contributed by atoms with Gasteiger partial charge in [0, 0.05) is 12.3 Å². The van der Waals surface area contributed by atoms with Gasteiger partial charge in [0.1, 0.15) is 13.1 Å². The van der Waals surface area contributed by atoms with Crippen LogP contribution in [0.3, 0.4) is 0 Å². The second-order valence-corrected chi connectivity index (χ2v) is 3.72. The zero-order valence-electron chi connectivity index (χ0n) is 9.67. The lowest BCUT2D eigenvalue weighted by atomic mass is 10.2. The predicted octanol–water partition coefficient (Wildman–Crippen LogP) is -0.811. The highest BCUT2D eigenvalue weighted by Gasteiger charge is 2.27. The van der Waals surface area contributed by atoms with Crippen LogP contribution in [-0.4, -0.2) is 47.8 Å². The van der Waals surface area contributed by atoms with E-state index < -0.39 is 17.7 Å². The molecule has 1 fully saturated rings. The Morgan fingerprint density at radius 3 is 2.50 bits per heavy atom. The van der Waals surface area contributed by atoms with Gasteiger partial charge < -0.3 is 9.64 Å². The predicted molar refractivity (Wildman–Crippen MR) is 59.8 cm³/mol. The third-order valence-electron chi connectivity index (χ3n) is 2.43. The van der Waals surface area contributed by atoms with E-state index in [0.29, 0.717) is 11.4 Å². The summed E-state index contributed by atoms with van der Waals surface area (Å²) in [7, 11) is 1.47. The number of nitrogens with zero attached hydrogens (tertiary/aromatic N) is 2. The standard InChI is InChI=1S/C11H11N3O4/c1-18-10-3-2-7(4-12-10)11(17)14-5-8(15)13-9(16)6-14/h2-4H,5-6H2,1H3,(H,13,15,16). The minimum Gasteiger partial charge on any atom is -0.481 e. The highest BCUT2D eigenvalue weighted by atomic mass is 16.5. The molecule has 2 heterocycles. The molecule has 1 N–H and O–H groups in total. The summed E-state index contributed by atoms with van der Waals surface area (Å²) in [6.45, 7) is -0.257. The Bertz CT molecular complexity index is 482. The minimum absolute atomic E-state index is 0.128. The Labute approximate surface area is 103 Å². The zero-order valence-corrected chi connectivity index (χ0v) is 9.67. The maximum absolute atomic E-state index is 12.0. The summed E-state index contributed by atoms with van der Waals surface area (Å²) in [5, 5.41) is 2.13. The van der Waals surface area contributed by atoms with Crippen LogP contribution in [0.1, 0.15) is 10.4 Å². The number of imide groups is 1. The molecule has 94 valence electrons. The van der Waals surface area contributed by atoms with E-state index in [1.165, 1.54) is 24.3 Å². The fourth-order valence-corrected chi connectivity index (χ4v) is 1.59. The van der Waals surface area contributed by atoms with E-state index in [1.54, 1.807) is 6.07 Å². The average molecular weight is 249 g/mol. The summed E-state index contributed by atoms with van der Waals surface area (Å²) in [5.74, 6) is -0.991. The van der Waals surface area contributed by atoms with Gasteiger partial charge in [-0.2, -0.15) is 0 Å². The third kappa shape index (κ3) is 2.45. The Morgan fingerprint density at radius 2 is 2.00 bits per heavy atom. The van der Waals surface area contributed by atoms with E-state index in [2.05, 4.69) is 10.3 Å². The number of carbonyl (C=O) groups excluding carboxylic acids is 3. The van der Waals surface area contributed by atoms with Crippen molar-refractivity contribution in [2.75, 3.05) is 20.2 Å². The van der Waals surface area contributed by atoms with Gasteiger partial charge in [-0.15, -0.1) is 0 Å². The summed E-state index contributed by atoms with van der Waals surface area (Å²) >= 11 is 0. The maximum Gasteiger partial charge on any atom is 0.256 e. The lowest BCUT2D eigenvalue weighted by Gasteiger charge is -2.25. The van der Waals surface area contributed by atoms with Crippen LogP contribution in [0.5, 0.6) is 5.88 Å². The Morgan fingerprint density at radius 1 is 1.33 bits per heavy atom. The van der Waals surface area contributed by atoms with Gasteiger partial charge in [-0.3, -0.25) is 19.7 Å². The van der Waals surface area contributed by atoms with Crippen LogP contribution in [0.4, 0.5) is 0 Å². The van der Waals surface area contributed by atoms with Gasteiger partial charge >= 0.3 is 0 Å². The van der Waals surface area contributed by atoms with Gasteiger partial charge in [0.15, 0.2) is 0 Å². The second kappa shape index (κ2) is 4.82. The number of pyridine rings is 1. The third-order valence-corrected chi connectivity index (χ3v) is 2.43. The van der Waals surface area contributed by atoms with Crippen molar-refractivity contribution in [3.05, 3.63) is 23.9 Å². The van der Waals surface area contributed by atoms with Gasteiger partial charge in [-0.1, -0.05) is 0 Å². The van der Waals surface area contributed by atoms with Gasteiger partial charge in [-0.25, -0.2) is 4.98 Å². The van der Waals surface area contributed by atoms with Crippen LogP contribution < -0.4 is 10.1 Å². The van der Waals surface area contributed by atoms with E-state index >= 15 is 0 Å². The van der Waals surface area contributed by atoms with Crippen molar-refractivity contribution in [3.8, 4) is 5.88 Å². The first-order valence-corrected chi connectivity index (χ1v) is 5.22. The SMILES string of the molecule is COc1ccc(C(=O)N2CC(=O)NC(=O)C2)cn1. The molecule has 1 aromatic rings. The number of rotatable bonds is 2. The highest BCUT2D eigenvalue weighted by Crippen LogP contribution is 2.10. The van der Waals surface area contributed by atoms with Crippen LogP contribution >= 0.6 is 0 Å². The molecule has 1 aromatic heterocycles. The maximum atomic E-state index is 12.0. The van der Waals surface area contributed by atoms with Crippen molar-refractivity contribution in [3.63, 3.8) is 0 Å². The van der Waals surface area contributed by atoms with Crippen LogP contribution in [0.15, 0.2) is 18.3 Å². The van der Waals surface area contributed by atoms with Crippen molar-refractivity contribution in [2.24, 2.45) is 0 Å². The van der Waals surface area contributed by atoms with E-state index in [4.69, 9.17) is 4.74 Å². The molecule has 18 heavy (non-hydrogen) atoms. The number of ether oxygens (including phenoxy) is 1. The van der Waals surface area contributed by atoms with Gasteiger partial charge in [0.2, 0.25) is 17.7 Å². The van der Waals surface area contributed by atoms with Crippen molar-refractivity contribution in [1.29, 1.82) is 0 Å². The van der Waals surface area contributed by atoms with Gasteiger partial charge in [0.05, 0.1) is 12.7 Å². The molecule has 0 aromatic carbocycles. The second-order valence-electron chi connectivity index (χ2n) is 3.72. The normalized spacial score (nSPS) is 15.3. The van der Waals surface area contributed by atoms with Crippen molar-refractivity contribution < 1.29 is 19.1 Å². The number of aromatic nitrogens is 1. The van der Waals surface area contributed by atoms with E-state index in [0.717, 1.165) is 0 Å². The Hall–Kier alpha value is -2.44. The summed E-state index contributed by atoms with van der Waals surface area (Å²) < 4.78 is 4.87. The minimum atomic E-state index is -0.485.